The van der Waals surface area contributed by atoms with Crippen LogP contribution >= 0.6 is 11.3 Å². The average molecular weight is 300 g/mol. The van der Waals surface area contributed by atoms with Crippen LogP contribution in [0.2, 0.25) is 0 Å². The van der Waals surface area contributed by atoms with Crippen LogP contribution in [-0.4, -0.2) is 27.6 Å². The number of nitrogens with one attached hydrogen (secondary N) is 2. The van der Waals surface area contributed by atoms with E-state index in [2.05, 4.69) is 20.5 Å². The summed E-state index contributed by atoms with van der Waals surface area (Å²) < 4.78 is 1.04. The van der Waals surface area contributed by atoms with E-state index in [4.69, 9.17) is 0 Å². The first-order valence-corrected chi connectivity index (χ1v) is 7.72. The summed E-state index contributed by atoms with van der Waals surface area (Å²) in [5.41, 5.74) is 5.71. The van der Waals surface area contributed by atoms with Crippen molar-refractivity contribution in [2.24, 2.45) is 0 Å². The number of carbonyl (C=O) groups is 1. The highest BCUT2D eigenvalue weighted by Gasteiger charge is 2.07. The molecule has 2 heterocycles. The average Bonchev–Trinajstić information content (AvgIpc) is 3.11. The van der Waals surface area contributed by atoms with Gasteiger partial charge in [0.2, 0.25) is 0 Å². The van der Waals surface area contributed by atoms with Gasteiger partial charge < -0.3 is 5.32 Å². The van der Waals surface area contributed by atoms with Crippen LogP contribution in [0.5, 0.6) is 0 Å². The number of H-pyrrole nitrogens is 1. The number of nitrogens with zero attached hydrogens (tertiary/aromatic N) is 2. The Morgan fingerprint density at radius 3 is 3.14 bits per heavy atom. The topological polar surface area (TPSA) is 70.7 Å². The lowest BCUT2D eigenvalue weighted by atomic mass is 10.1. The number of amides is 1. The van der Waals surface area contributed by atoms with Gasteiger partial charge >= 0.3 is 0 Å². The van der Waals surface area contributed by atoms with Crippen molar-refractivity contribution in [3.05, 3.63) is 46.7 Å². The second-order valence-electron chi connectivity index (χ2n) is 4.91. The Labute approximate surface area is 126 Å². The molecule has 21 heavy (non-hydrogen) atoms. The summed E-state index contributed by atoms with van der Waals surface area (Å²) in [6.07, 6.45) is 3.65. The quantitative estimate of drug-likeness (QED) is 0.712. The van der Waals surface area contributed by atoms with Gasteiger partial charge in [0.25, 0.3) is 5.91 Å². The van der Waals surface area contributed by atoms with E-state index in [1.165, 1.54) is 5.56 Å². The monoisotopic (exact) mass is 300 g/mol. The molecule has 0 saturated heterocycles. The smallest absolute Gasteiger partial charge is 0.251 e. The fraction of sp³-hybridized carbons (Fsp3) is 0.267. The summed E-state index contributed by atoms with van der Waals surface area (Å²) in [5.74, 6) is -0.0331. The van der Waals surface area contributed by atoms with E-state index in [9.17, 15) is 4.79 Å². The molecule has 0 radical (unpaired) electrons. The summed E-state index contributed by atoms with van der Waals surface area (Å²) >= 11 is 1.55. The van der Waals surface area contributed by atoms with E-state index in [1.807, 2.05) is 31.3 Å². The number of aryl methyl sites for hydroxylation is 2. The fourth-order valence-corrected chi connectivity index (χ4v) is 2.92. The molecule has 1 aromatic carbocycles. The van der Waals surface area contributed by atoms with Crippen molar-refractivity contribution >= 4 is 27.5 Å². The maximum absolute atomic E-state index is 12.1. The molecular weight excluding hydrogens is 284 g/mol. The number of rotatable bonds is 5. The van der Waals surface area contributed by atoms with Crippen molar-refractivity contribution in [3.63, 3.8) is 0 Å². The van der Waals surface area contributed by atoms with E-state index in [1.54, 1.807) is 16.8 Å². The van der Waals surface area contributed by atoms with E-state index >= 15 is 0 Å². The van der Waals surface area contributed by atoms with Gasteiger partial charge in [-0.3, -0.25) is 9.89 Å². The van der Waals surface area contributed by atoms with Crippen LogP contribution in [0.25, 0.3) is 10.2 Å². The normalized spacial score (nSPS) is 10.9. The lowest BCUT2D eigenvalue weighted by molar-refractivity contribution is 0.0953. The zero-order valence-electron chi connectivity index (χ0n) is 11.7. The van der Waals surface area contributed by atoms with Crippen molar-refractivity contribution < 1.29 is 4.79 Å². The molecule has 0 aliphatic heterocycles. The third kappa shape index (κ3) is 3.11. The molecule has 1 amide bonds. The van der Waals surface area contributed by atoms with Gasteiger partial charge in [-0.1, -0.05) is 0 Å². The van der Waals surface area contributed by atoms with Crippen LogP contribution in [0.4, 0.5) is 0 Å². The van der Waals surface area contributed by atoms with Crippen LogP contribution in [0, 0.1) is 6.92 Å². The second kappa shape index (κ2) is 6.05. The summed E-state index contributed by atoms with van der Waals surface area (Å²) in [6.45, 7) is 2.66. The molecule has 0 aliphatic rings. The van der Waals surface area contributed by atoms with Gasteiger partial charge in [-0.15, -0.1) is 11.3 Å². The SMILES string of the molecule is Cc1[nH]ncc1CCCNC(=O)c1ccc2ncsc2c1. The summed E-state index contributed by atoms with van der Waals surface area (Å²) in [5, 5.41) is 9.86. The van der Waals surface area contributed by atoms with Gasteiger partial charge in [-0.05, 0) is 43.5 Å². The second-order valence-corrected chi connectivity index (χ2v) is 5.80. The minimum absolute atomic E-state index is 0.0331. The first-order valence-electron chi connectivity index (χ1n) is 6.84. The molecule has 0 bridgehead atoms. The third-order valence-electron chi connectivity index (χ3n) is 3.44. The van der Waals surface area contributed by atoms with Gasteiger partial charge in [0.15, 0.2) is 0 Å². The van der Waals surface area contributed by atoms with Gasteiger partial charge in [-0.2, -0.15) is 5.10 Å². The Balaban J connectivity index is 1.53. The lowest BCUT2D eigenvalue weighted by Crippen LogP contribution is -2.24. The first kappa shape index (κ1) is 13.8. The summed E-state index contributed by atoms with van der Waals surface area (Å²) in [7, 11) is 0. The maximum Gasteiger partial charge on any atom is 0.251 e. The molecule has 2 N–H and O–H groups in total. The number of thiazole rings is 1. The van der Waals surface area contributed by atoms with Crippen LogP contribution in [0.15, 0.2) is 29.9 Å². The van der Waals surface area contributed by atoms with E-state index < -0.39 is 0 Å². The van der Waals surface area contributed by atoms with Crippen LogP contribution < -0.4 is 5.32 Å². The standard InChI is InChI=1S/C15H16N4OS/c1-10-12(8-18-19-10)3-2-6-16-15(20)11-4-5-13-14(7-11)21-9-17-13/h4-5,7-9H,2-3,6H2,1H3,(H,16,20)(H,18,19). The predicted octanol–water partition coefficient (Wildman–Crippen LogP) is 2.69. The van der Waals surface area contributed by atoms with E-state index in [0.29, 0.717) is 12.1 Å². The predicted molar refractivity (Wildman–Crippen MR) is 83.6 cm³/mol. The molecule has 2 aromatic heterocycles. The van der Waals surface area contributed by atoms with Gasteiger partial charge in [0.05, 0.1) is 21.9 Å². The van der Waals surface area contributed by atoms with E-state index in [-0.39, 0.29) is 5.91 Å². The number of aromatic nitrogens is 3. The van der Waals surface area contributed by atoms with Crippen molar-refractivity contribution in [2.45, 2.75) is 19.8 Å². The molecular formula is C15H16N4OS. The molecule has 0 aliphatic carbocycles. The molecule has 0 unspecified atom stereocenters. The Morgan fingerprint density at radius 1 is 1.43 bits per heavy atom. The highest BCUT2D eigenvalue weighted by atomic mass is 32.1. The zero-order chi connectivity index (χ0) is 14.7. The number of hydrogen-bond donors (Lipinski definition) is 2. The van der Waals surface area contributed by atoms with Gasteiger partial charge in [0, 0.05) is 17.8 Å². The van der Waals surface area contributed by atoms with Crippen LogP contribution in [-0.2, 0) is 6.42 Å². The number of hydrogen-bond acceptors (Lipinski definition) is 4. The number of carbonyl (C=O) groups excluding carboxylic acids is 1. The number of benzene rings is 1. The molecule has 0 saturated carbocycles. The van der Waals surface area contributed by atoms with Crippen LogP contribution in [0.3, 0.4) is 0 Å². The molecule has 0 fully saturated rings. The molecule has 0 atom stereocenters. The van der Waals surface area contributed by atoms with E-state index in [0.717, 1.165) is 28.8 Å². The molecule has 3 aromatic rings. The Hall–Kier alpha value is -2.21. The van der Waals surface area contributed by atoms with Crippen molar-refractivity contribution in [2.75, 3.05) is 6.54 Å². The Morgan fingerprint density at radius 2 is 2.33 bits per heavy atom. The van der Waals surface area contributed by atoms with Crippen molar-refractivity contribution in [3.8, 4) is 0 Å². The maximum atomic E-state index is 12.1. The van der Waals surface area contributed by atoms with Gasteiger partial charge in [-0.25, -0.2) is 4.98 Å². The van der Waals surface area contributed by atoms with Crippen LogP contribution in [0.1, 0.15) is 28.0 Å². The highest BCUT2D eigenvalue weighted by molar-refractivity contribution is 7.16. The fourth-order valence-electron chi connectivity index (χ4n) is 2.21. The molecule has 108 valence electrons. The minimum Gasteiger partial charge on any atom is -0.352 e. The molecule has 3 rings (SSSR count). The first-order chi connectivity index (χ1) is 10.2. The summed E-state index contributed by atoms with van der Waals surface area (Å²) in [4.78, 5) is 16.3. The Bertz CT molecular complexity index is 762. The largest absolute Gasteiger partial charge is 0.352 e. The number of aromatic amines is 1. The highest BCUT2D eigenvalue weighted by Crippen LogP contribution is 2.18. The molecule has 6 heteroatoms. The lowest BCUT2D eigenvalue weighted by Gasteiger charge is -2.05. The minimum atomic E-state index is -0.0331. The summed E-state index contributed by atoms with van der Waals surface area (Å²) in [6, 6.07) is 5.59. The Kier molecular flexibility index (Phi) is 3.96. The van der Waals surface area contributed by atoms with Gasteiger partial charge in [0.1, 0.15) is 0 Å². The molecule has 5 nitrogen and oxygen atoms in total. The van der Waals surface area contributed by atoms with Crippen molar-refractivity contribution in [1.29, 1.82) is 0 Å². The zero-order valence-corrected chi connectivity index (χ0v) is 12.5. The number of fused-ring (bicyclic) bond motifs is 1. The molecule has 0 spiro atoms. The third-order valence-corrected chi connectivity index (χ3v) is 4.23. The van der Waals surface area contributed by atoms with Crippen molar-refractivity contribution in [1.82, 2.24) is 20.5 Å².